The summed E-state index contributed by atoms with van der Waals surface area (Å²) in [6.45, 7) is 0. The Morgan fingerprint density at radius 1 is 0.938 bits per heavy atom. The first-order chi connectivity index (χ1) is 7.75. The van der Waals surface area contributed by atoms with Crippen molar-refractivity contribution in [1.29, 1.82) is 0 Å². The molecule has 2 aromatic rings. The van der Waals surface area contributed by atoms with Crippen LogP contribution in [0.2, 0.25) is 0 Å². The number of hydrogen-bond donors (Lipinski definition) is 0. The van der Waals surface area contributed by atoms with Gasteiger partial charge in [-0.3, -0.25) is 4.79 Å². The maximum absolute atomic E-state index is 11.2. The number of rotatable bonds is 0. The zero-order valence-corrected chi connectivity index (χ0v) is 8.97. The Morgan fingerprint density at radius 3 is 2.31 bits per heavy atom. The monoisotopic (exact) mass is 209 g/mol. The maximum atomic E-state index is 11.2. The van der Waals surface area contributed by atoms with E-state index in [2.05, 4.69) is 11.8 Å². The molecule has 1 aromatic carbocycles. The molecule has 0 saturated heterocycles. The van der Waals surface area contributed by atoms with Crippen LogP contribution in [0.4, 0.5) is 0 Å². The van der Waals surface area contributed by atoms with Crippen molar-refractivity contribution in [3.8, 4) is 11.8 Å². The van der Waals surface area contributed by atoms with Crippen molar-refractivity contribution >= 4 is 0 Å². The molecule has 2 nitrogen and oxygen atoms in total. The zero-order chi connectivity index (χ0) is 11.4. The molecule has 0 bridgehead atoms. The number of hydrogen-bond acceptors (Lipinski definition) is 1. The summed E-state index contributed by atoms with van der Waals surface area (Å²) in [7, 11) is 1.72. The van der Waals surface area contributed by atoms with Gasteiger partial charge in [0.2, 0.25) is 5.56 Å². The molecule has 0 aliphatic heterocycles. The molecule has 0 aliphatic carbocycles. The van der Waals surface area contributed by atoms with E-state index in [0.717, 1.165) is 11.1 Å². The molecule has 0 aliphatic rings. The highest BCUT2D eigenvalue weighted by Gasteiger charge is 1.90. The lowest BCUT2D eigenvalue weighted by Gasteiger charge is -1.95. The number of pyridine rings is 1. The maximum Gasteiger partial charge on any atom is 0.250 e. The Labute approximate surface area is 94.2 Å². The fourth-order valence-electron chi connectivity index (χ4n) is 1.33. The Balaban J connectivity index is 2.31. The van der Waals surface area contributed by atoms with Gasteiger partial charge >= 0.3 is 0 Å². The largest absolute Gasteiger partial charge is 0.317 e. The fraction of sp³-hybridized carbons (Fsp3) is 0.0714. The summed E-state index contributed by atoms with van der Waals surface area (Å²) in [5.74, 6) is 6.06. The normalized spacial score (nSPS) is 9.31. The van der Waals surface area contributed by atoms with E-state index in [9.17, 15) is 4.79 Å². The second-order valence-electron chi connectivity index (χ2n) is 3.48. The fourth-order valence-corrected chi connectivity index (χ4v) is 1.33. The summed E-state index contributed by atoms with van der Waals surface area (Å²) in [5, 5.41) is 0. The van der Waals surface area contributed by atoms with Gasteiger partial charge in [0.05, 0.1) is 0 Å². The molecular weight excluding hydrogens is 198 g/mol. The molecule has 1 heterocycles. The second kappa shape index (κ2) is 4.50. The molecule has 0 spiro atoms. The van der Waals surface area contributed by atoms with E-state index in [0.29, 0.717) is 0 Å². The first-order valence-electron chi connectivity index (χ1n) is 4.99. The molecule has 0 unspecified atom stereocenters. The predicted octanol–water partition coefficient (Wildman–Crippen LogP) is 1.79. The van der Waals surface area contributed by atoms with Crippen LogP contribution in [0, 0.1) is 11.8 Å². The average Bonchev–Trinajstić information content (AvgIpc) is 2.32. The minimum Gasteiger partial charge on any atom is -0.317 e. The molecule has 16 heavy (non-hydrogen) atoms. The molecule has 2 rings (SSSR count). The van der Waals surface area contributed by atoms with Gasteiger partial charge in [0.1, 0.15) is 0 Å². The molecular formula is C14H11NO. The van der Waals surface area contributed by atoms with E-state index in [1.54, 1.807) is 19.3 Å². The standard InChI is InChI=1S/C14H11NO/c1-15-11-13(9-10-14(15)16)8-7-12-5-3-2-4-6-12/h2-6,9-11H,1H3. The van der Waals surface area contributed by atoms with Gasteiger partial charge in [0, 0.05) is 30.4 Å². The highest BCUT2D eigenvalue weighted by molar-refractivity contribution is 5.41. The van der Waals surface area contributed by atoms with Gasteiger partial charge in [-0.25, -0.2) is 0 Å². The first kappa shape index (κ1) is 10.3. The first-order valence-corrected chi connectivity index (χ1v) is 4.99. The molecule has 2 heteroatoms. The van der Waals surface area contributed by atoms with Gasteiger partial charge < -0.3 is 4.57 Å². The van der Waals surface area contributed by atoms with Crippen molar-refractivity contribution in [2.45, 2.75) is 0 Å². The molecule has 0 N–H and O–H groups in total. The number of benzene rings is 1. The Morgan fingerprint density at radius 2 is 1.62 bits per heavy atom. The SMILES string of the molecule is Cn1cc(C#Cc2ccccc2)ccc1=O. The van der Waals surface area contributed by atoms with Crippen molar-refractivity contribution in [3.63, 3.8) is 0 Å². The van der Waals surface area contributed by atoms with Crippen molar-refractivity contribution in [3.05, 3.63) is 70.1 Å². The van der Waals surface area contributed by atoms with E-state index in [-0.39, 0.29) is 5.56 Å². The molecule has 0 atom stereocenters. The topological polar surface area (TPSA) is 22.0 Å². The van der Waals surface area contributed by atoms with E-state index < -0.39 is 0 Å². The molecule has 0 radical (unpaired) electrons. The smallest absolute Gasteiger partial charge is 0.250 e. The van der Waals surface area contributed by atoms with Crippen LogP contribution in [0.5, 0.6) is 0 Å². The van der Waals surface area contributed by atoms with Crippen LogP contribution in [0.1, 0.15) is 11.1 Å². The third-order valence-electron chi connectivity index (χ3n) is 2.21. The highest BCUT2D eigenvalue weighted by Crippen LogP contribution is 1.97. The summed E-state index contributed by atoms with van der Waals surface area (Å²) < 4.78 is 1.52. The molecule has 78 valence electrons. The van der Waals surface area contributed by atoms with Crippen molar-refractivity contribution in [1.82, 2.24) is 4.57 Å². The Hall–Kier alpha value is -2.27. The van der Waals surface area contributed by atoms with E-state index >= 15 is 0 Å². The van der Waals surface area contributed by atoms with E-state index in [4.69, 9.17) is 0 Å². The molecule has 0 saturated carbocycles. The zero-order valence-electron chi connectivity index (χ0n) is 8.97. The second-order valence-corrected chi connectivity index (χ2v) is 3.48. The van der Waals surface area contributed by atoms with Crippen LogP contribution >= 0.6 is 0 Å². The lowest BCUT2D eigenvalue weighted by Crippen LogP contribution is -2.14. The van der Waals surface area contributed by atoms with Gasteiger partial charge in [0.25, 0.3) is 0 Å². The van der Waals surface area contributed by atoms with Crippen LogP contribution in [-0.4, -0.2) is 4.57 Å². The number of aromatic nitrogens is 1. The van der Waals surface area contributed by atoms with Gasteiger partial charge in [-0.15, -0.1) is 0 Å². The van der Waals surface area contributed by atoms with Gasteiger partial charge in [0.15, 0.2) is 0 Å². The van der Waals surface area contributed by atoms with Gasteiger partial charge in [-0.2, -0.15) is 0 Å². The number of nitrogens with zero attached hydrogens (tertiary/aromatic N) is 1. The van der Waals surface area contributed by atoms with Crippen LogP contribution in [-0.2, 0) is 7.05 Å². The van der Waals surface area contributed by atoms with E-state index in [1.165, 1.54) is 10.6 Å². The van der Waals surface area contributed by atoms with Crippen molar-refractivity contribution in [2.24, 2.45) is 7.05 Å². The molecule has 0 fully saturated rings. The summed E-state index contributed by atoms with van der Waals surface area (Å²) in [5.41, 5.74) is 1.78. The predicted molar refractivity (Wildman–Crippen MR) is 64.1 cm³/mol. The third-order valence-corrected chi connectivity index (χ3v) is 2.21. The van der Waals surface area contributed by atoms with E-state index in [1.807, 2.05) is 30.3 Å². The summed E-state index contributed by atoms with van der Waals surface area (Å²) in [4.78, 5) is 11.2. The molecule has 0 amide bonds. The minimum atomic E-state index is -0.0229. The van der Waals surface area contributed by atoms with Crippen LogP contribution in [0.15, 0.2) is 53.5 Å². The van der Waals surface area contributed by atoms with Crippen LogP contribution in [0.25, 0.3) is 0 Å². The van der Waals surface area contributed by atoms with Crippen molar-refractivity contribution < 1.29 is 0 Å². The van der Waals surface area contributed by atoms with Crippen LogP contribution in [0.3, 0.4) is 0 Å². The average molecular weight is 209 g/mol. The Bertz CT molecular complexity index is 600. The highest BCUT2D eigenvalue weighted by atomic mass is 16.1. The lowest BCUT2D eigenvalue weighted by atomic mass is 10.2. The lowest BCUT2D eigenvalue weighted by molar-refractivity contribution is 0.857. The minimum absolute atomic E-state index is 0.0229. The van der Waals surface area contributed by atoms with Crippen molar-refractivity contribution in [2.75, 3.05) is 0 Å². The quantitative estimate of drug-likeness (QED) is 0.606. The number of aryl methyl sites for hydroxylation is 1. The summed E-state index contributed by atoms with van der Waals surface area (Å²) in [6.07, 6.45) is 1.73. The third kappa shape index (κ3) is 2.40. The van der Waals surface area contributed by atoms with Gasteiger partial charge in [-0.1, -0.05) is 30.0 Å². The summed E-state index contributed by atoms with van der Waals surface area (Å²) in [6, 6.07) is 13.0. The van der Waals surface area contributed by atoms with Crippen LogP contribution < -0.4 is 5.56 Å². The van der Waals surface area contributed by atoms with Gasteiger partial charge in [-0.05, 0) is 18.2 Å². The molecule has 1 aromatic heterocycles. The Kier molecular flexibility index (Phi) is 2.88. The summed E-state index contributed by atoms with van der Waals surface area (Å²) >= 11 is 0.